The maximum absolute atomic E-state index is 13.2. The molecule has 0 spiro atoms. The van der Waals surface area contributed by atoms with E-state index in [0.29, 0.717) is 0 Å². The summed E-state index contributed by atoms with van der Waals surface area (Å²) in [6.07, 6.45) is -0.712. The SMILES string of the molecule is CC(O)Cc1cc(C(C)(F)F)ccc1F. The van der Waals surface area contributed by atoms with Crippen molar-refractivity contribution in [1.82, 2.24) is 0 Å². The van der Waals surface area contributed by atoms with Crippen LogP contribution in [0, 0.1) is 5.82 Å². The average Bonchev–Trinajstić information content (AvgIpc) is 2.06. The number of aliphatic hydroxyl groups is 1. The molecule has 1 unspecified atom stereocenters. The van der Waals surface area contributed by atoms with Crippen molar-refractivity contribution in [3.05, 3.63) is 35.1 Å². The largest absolute Gasteiger partial charge is 0.393 e. The smallest absolute Gasteiger partial charge is 0.270 e. The van der Waals surface area contributed by atoms with E-state index in [2.05, 4.69) is 0 Å². The number of halogens is 3. The summed E-state index contributed by atoms with van der Waals surface area (Å²) >= 11 is 0. The summed E-state index contributed by atoms with van der Waals surface area (Å²) in [6, 6.07) is 3.16. The Hall–Kier alpha value is -1.03. The Morgan fingerprint density at radius 2 is 2.00 bits per heavy atom. The second-order valence-electron chi connectivity index (χ2n) is 3.75. The maximum Gasteiger partial charge on any atom is 0.270 e. The van der Waals surface area contributed by atoms with Gasteiger partial charge in [0.25, 0.3) is 5.92 Å². The quantitative estimate of drug-likeness (QED) is 0.827. The fourth-order valence-electron chi connectivity index (χ4n) is 1.32. The zero-order valence-corrected chi connectivity index (χ0v) is 8.60. The molecule has 0 saturated carbocycles. The van der Waals surface area contributed by atoms with Crippen molar-refractivity contribution < 1.29 is 18.3 Å². The van der Waals surface area contributed by atoms with Crippen molar-refractivity contribution in [2.45, 2.75) is 32.3 Å². The summed E-state index contributed by atoms with van der Waals surface area (Å²) in [6.45, 7) is 2.24. The van der Waals surface area contributed by atoms with Crippen LogP contribution in [0.2, 0.25) is 0 Å². The molecule has 0 aromatic heterocycles. The van der Waals surface area contributed by atoms with E-state index in [-0.39, 0.29) is 17.5 Å². The molecular weight excluding hydrogens is 205 g/mol. The van der Waals surface area contributed by atoms with E-state index in [1.807, 2.05) is 0 Å². The van der Waals surface area contributed by atoms with Crippen molar-refractivity contribution in [2.75, 3.05) is 0 Å². The molecule has 0 aliphatic carbocycles. The van der Waals surface area contributed by atoms with Crippen LogP contribution in [0.1, 0.15) is 25.0 Å². The fourth-order valence-corrected chi connectivity index (χ4v) is 1.32. The van der Waals surface area contributed by atoms with Crippen LogP contribution in [0.3, 0.4) is 0 Å². The monoisotopic (exact) mass is 218 g/mol. The van der Waals surface area contributed by atoms with Gasteiger partial charge in [0.05, 0.1) is 6.10 Å². The van der Waals surface area contributed by atoms with Crippen LogP contribution >= 0.6 is 0 Å². The van der Waals surface area contributed by atoms with Gasteiger partial charge in [-0.3, -0.25) is 0 Å². The third kappa shape index (κ3) is 3.23. The van der Waals surface area contributed by atoms with Crippen LogP contribution in [0.4, 0.5) is 13.2 Å². The first kappa shape index (κ1) is 12.0. The molecule has 1 atom stereocenters. The Kier molecular flexibility index (Phi) is 3.39. The molecule has 1 aromatic carbocycles. The molecule has 1 rings (SSSR count). The molecule has 0 radical (unpaired) electrons. The van der Waals surface area contributed by atoms with Gasteiger partial charge < -0.3 is 5.11 Å². The summed E-state index contributed by atoms with van der Waals surface area (Å²) in [4.78, 5) is 0. The van der Waals surface area contributed by atoms with E-state index < -0.39 is 17.8 Å². The highest BCUT2D eigenvalue weighted by atomic mass is 19.3. The predicted molar refractivity (Wildman–Crippen MR) is 51.4 cm³/mol. The highest BCUT2D eigenvalue weighted by Crippen LogP contribution is 2.28. The van der Waals surface area contributed by atoms with Gasteiger partial charge >= 0.3 is 0 Å². The molecule has 4 heteroatoms. The van der Waals surface area contributed by atoms with Crippen molar-refractivity contribution in [3.8, 4) is 0 Å². The second-order valence-corrected chi connectivity index (χ2v) is 3.75. The predicted octanol–water partition coefficient (Wildman–Crippen LogP) is 2.86. The Morgan fingerprint density at radius 3 is 2.47 bits per heavy atom. The minimum absolute atomic E-state index is 0.0375. The second kappa shape index (κ2) is 4.23. The number of hydrogen-bond acceptors (Lipinski definition) is 1. The third-order valence-corrected chi connectivity index (χ3v) is 2.07. The average molecular weight is 218 g/mol. The third-order valence-electron chi connectivity index (χ3n) is 2.07. The molecule has 0 amide bonds. The number of benzene rings is 1. The number of hydrogen-bond donors (Lipinski definition) is 1. The van der Waals surface area contributed by atoms with Gasteiger partial charge in [0.1, 0.15) is 5.82 Å². The molecule has 0 bridgehead atoms. The van der Waals surface area contributed by atoms with Gasteiger partial charge in [-0.25, -0.2) is 13.2 Å². The Balaban J connectivity index is 3.06. The van der Waals surface area contributed by atoms with Crippen LogP contribution < -0.4 is 0 Å². The van der Waals surface area contributed by atoms with Crippen molar-refractivity contribution in [1.29, 1.82) is 0 Å². The zero-order chi connectivity index (χ0) is 11.6. The molecule has 1 nitrogen and oxygen atoms in total. The van der Waals surface area contributed by atoms with Crippen molar-refractivity contribution in [3.63, 3.8) is 0 Å². The molecule has 0 aliphatic rings. The van der Waals surface area contributed by atoms with Crippen molar-refractivity contribution >= 4 is 0 Å². The van der Waals surface area contributed by atoms with E-state index >= 15 is 0 Å². The summed E-state index contributed by atoms with van der Waals surface area (Å²) in [5.41, 5.74) is -0.122. The lowest BCUT2D eigenvalue weighted by molar-refractivity contribution is 0.0172. The lowest BCUT2D eigenvalue weighted by atomic mass is 10.0. The number of alkyl halides is 2. The van der Waals surface area contributed by atoms with E-state index in [1.165, 1.54) is 6.92 Å². The maximum atomic E-state index is 13.2. The van der Waals surface area contributed by atoms with Gasteiger partial charge in [-0.05, 0) is 24.6 Å². The van der Waals surface area contributed by atoms with Gasteiger partial charge in [-0.15, -0.1) is 0 Å². The summed E-state index contributed by atoms with van der Waals surface area (Å²) < 4.78 is 39.0. The van der Waals surface area contributed by atoms with Gasteiger partial charge in [-0.1, -0.05) is 6.07 Å². The first-order valence-corrected chi connectivity index (χ1v) is 4.65. The molecule has 0 aliphatic heterocycles. The number of rotatable bonds is 3. The zero-order valence-electron chi connectivity index (χ0n) is 8.60. The van der Waals surface area contributed by atoms with E-state index in [0.717, 1.165) is 25.1 Å². The van der Waals surface area contributed by atoms with Crippen LogP contribution in [0.15, 0.2) is 18.2 Å². The Morgan fingerprint density at radius 1 is 1.40 bits per heavy atom. The van der Waals surface area contributed by atoms with Gasteiger partial charge in [-0.2, -0.15) is 0 Å². The van der Waals surface area contributed by atoms with Crippen LogP contribution in [0.25, 0.3) is 0 Å². The van der Waals surface area contributed by atoms with E-state index in [9.17, 15) is 13.2 Å². The fraction of sp³-hybridized carbons (Fsp3) is 0.455. The molecule has 0 fully saturated rings. The normalized spacial score (nSPS) is 14.0. The molecular formula is C11H13F3O. The van der Waals surface area contributed by atoms with Gasteiger partial charge in [0, 0.05) is 18.9 Å². The van der Waals surface area contributed by atoms with E-state index in [1.54, 1.807) is 0 Å². The van der Waals surface area contributed by atoms with Crippen LogP contribution in [-0.2, 0) is 12.3 Å². The van der Waals surface area contributed by atoms with Crippen LogP contribution in [0.5, 0.6) is 0 Å². The molecule has 0 heterocycles. The molecule has 15 heavy (non-hydrogen) atoms. The van der Waals surface area contributed by atoms with Crippen LogP contribution in [-0.4, -0.2) is 11.2 Å². The molecule has 1 aromatic rings. The van der Waals surface area contributed by atoms with E-state index in [4.69, 9.17) is 5.11 Å². The molecule has 0 saturated heterocycles. The minimum atomic E-state index is -2.98. The first-order chi connectivity index (χ1) is 6.80. The topological polar surface area (TPSA) is 20.2 Å². The highest BCUT2D eigenvalue weighted by molar-refractivity contribution is 5.28. The highest BCUT2D eigenvalue weighted by Gasteiger charge is 2.25. The minimum Gasteiger partial charge on any atom is -0.393 e. The lowest BCUT2D eigenvalue weighted by Crippen LogP contribution is -2.11. The Labute approximate surface area is 86.5 Å². The van der Waals surface area contributed by atoms with Gasteiger partial charge in [0.2, 0.25) is 0 Å². The summed E-state index contributed by atoms with van der Waals surface area (Å²) in [5.74, 6) is -3.55. The van der Waals surface area contributed by atoms with Gasteiger partial charge in [0.15, 0.2) is 0 Å². The van der Waals surface area contributed by atoms with Crippen molar-refractivity contribution in [2.24, 2.45) is 0 Å². The molecule has 84 valence electrons. The summed E-state index contributed by atoms with van der Waals surface area (Å²) in [7, 11) is 0. The lowest BCUT2D eigenvalue weighted by Gasteiger charge is -2.13. The molecule has 1 N–H and O–H groups in total. The Bertz CT molecular complexity index is 342. The standard InChI is InChI=1S/C11H13F3O/c1-7(15)5-8-6-9(11(2,13)14)3-4-10(8)12/h3-4,6-7,15H,5H2,1-2H3. The summed E-state index contributed by atoms with van der Waals surface area (Å²) in [5, 5.41) is 9.07. The first-order valence-electron chi connectivity index (χ1n) is 4.65. The number of aliphatic hydroxyl groups excluding tert-OH is 1.